The summed E-state index contributed by atoms with van der Waals surface area (Å²) in [5, 5.41) is 6.22. The van der Waals surface area contributed by atoms with Gasteiger partial charge in [0.15, 0.2) is 0 Å². The van der Waals surface area contributed by atoms with Crippen LogP contribution in [0, 0.1) is 5.82 Å². The number of sulfonamides is 1. The first-order valence-electron chi connectivity index (χ1n) is 14.2. The average Bonchev–Trinajstić information content (AvgIpc) is 3.49. The number of aromatic nitrogens is 2. The summed E-state index contributed by atoms with van der Waals surface area (Å²) in [6.45, 7) is 4.41. The lowest BCUT2D eigenvalue weighted by Gasteiger charge is -2.30. The van der Waals surface area contributed by atoms with Gasteiger partial charge in [-0.1, -0.05) is 46.0 Å². The van der Waals surface area contributed by atoms with E-state index in [9.17, 15) is 12.8 Å². The van der Waals surface area contributed by atoms with Crippen LogP contribution in [-0.4, -0.2) is 28.7 Å². The summed E-state index contributed by atoms with van der Waals surface area (Å²) in [6, 6.07) is 17.7. The van der Waals surface area contributed by atoms with E-state index in [4.69, 9.17) is 4.42 Å². The molecule has 2 heterocycles. The summed E-state index contributed by atoms with van der Waals surface area (Å²) >= 11 is 0. The third-order valence-corrected chi connectivity index (χ3v) is 8.81. The molecule has 1 unspecified atom stereocenters. The van der Waals surface area contributed by atoms with Crippen LogP contribution < -0.4 is 10.6 Å². The number of nitrogens with zero attached hydrogens (tertiary/aromatic N) is 3. The normalized spacial score (nSPS) is 12.4. The molecular weight excluding hydrogens is 541 g/mol. The first kappa shape index (κ1) is 30.2. The molecule has 0 aliphatic carbocycles. The second-order valence-corrected chi connectivity index (χ2v) is 11.8. The first-order chi connectivity index (χ1) is 19.9. The lowest BCUT2D eigenvalue weighted by atomic mass is 10.0. The Hall–Kier alpha value is -3.76. The molecule has 0 amide bonds. The van der Waals surface area contributed by atoms with Gasteiger partial charge in [0.2, 0.25) is 16.0 Å². The fraction of sp³-hybridized carbons (Fsp3) is 0.355. The van der Waals surface area contributed by atoms with Crippen LogP contribution in [0.15, 0.2) is 88.5 Å². The monoisotopic (exact) mass is 579 g/mol. The van der Waals surface area contributed by atoms with Gasteiger partial charge in [-0.2, -0.15) is 9.29 Å². The van der Waals surface area contributed by atoms with Crippen LogP contribution in [0.2, 0.25) is 0 Å². The lowest BCUT2D eigenvalue weighted by molar-refractivity contribution is 0.265. The molecule has 0 saturated heterocycles. The van der Waals surface area contributed by atoms with E-state index in [-0.39, 0.29) is 23.3 Å². The molecule has 0 radical (unpaired) electrons. The molecule has 2 aromatic heterocycles. The zero-order valence-electron chi connectivity index (χ0n) is 23.6. The fourth-order valence-electron chi connectivity index (χ4n) is 4.65. The number of unbranched alkanes of at least 4 members (excludes halogenated alkanes) is 4. The number of hydrogen-bond donors (Lipinski definition) is 2. The van der Waals surface area contributed by atoms with Crippen LogP contribution in [-0.2, 0) is 16.6 Å². The smallest absolute Gasteiger partial charge is 0.243 e. The van der Waals surface area contributed by atoms with Crippen molar-refractivity contribution in [3.8, 4) is 0 Å². The van der Waals surface area contributed by atoms with Crippen molar-refractivity contribution in [2.24, 2.45) is 0 Å². The molecule has 2 N–H and O–H groups in total. The van der Waals surface area contributed by atoms with Gasteiger partial charge in [0.25, 0.3) is 0 Å². The molecule has 218 valence electrons. The maximum atomic E-state index is 13.9. The SMILES string of the molecule is CCCCCCCC(CC)N(Cc1ccco1)S(=O)(=O)c1ccc(Nc2nccc(Nc3ccc(F)cc3)n2)cc1. The average molecular weight is 580 g/mol. The van der Waals surface area contributed by atoms with Crippen LogP contribution in [0.1, 0.15) is 64.6 Å². The molecule has 0 fully saturated rings. The first-order valence-corrected chi connectivity index (χ1v) is 15.6. The fourth-order valence-corrected chi connectivity index (χ4v) is 6.34. The van der Waals surface area contributed by atoms with E-state index in [1.165, 1.54) is 31.4 Å². The van der Waals surface area contributed by atoms with Gasteiger partial charge in [-0.15, -0.1) is 0 Å². The van der Waals surface area contributed by atoms with Gasteiger partial charge in [0, 0.05) is 23.6 Å². The predicted molar refractivity (Wildman–Crippen MR) is 160 cm³/mol. The van der Waals surface area contributed by atoms with Crippen molar-refractivity contribution >= 4 is 33.2 Å². The van der Waals surface area contributed by atoms with Crippen molar-refractivity contribution in [2.75, 3.05) is 10.6 Å². The van der Waals surface area contributed by atoms with Gasteiger partial charge in [-0.05, 0) is 79.6 Å². The Bertz CT molecular complexity index is 1450. The number of furan rings is 1. The van der Waals surface area contributed by atoms with E-state index >= 15 is 0 Å². The molecule has 8 nitrogen and oxygen atoms in total. The molecule has 0 bridgehead atoms. The molecule has 4 aromatic rings. The predicted octanol–water partition coefficient (Wildman–Crippen LogP) is 8.03. The number of rotatable bonds is 16. The van der Waals surface area contributed by atoms with E-state index in [1.54, 1.807) is 65.3 Å². The maximum Gasteiger partial charge on any atom is 0.243 e. The van der Waals surface area contributed by atoms with Gasteiger partial charge in [-0.3, -0.25) is 0 Å². The highest BCUT2D eigenvalue weighted by molar-refractivity contribution is 7.89. The lowest BCUT2D eigenvalue weighted by Crippen LogP contribution is -2.39. The largest absolute Gasteiger partial charge is 0.468 e. The Labute approximate surface area is 242 Å². The van der Waals surface area contributed by atoms with Crippen molar-refractivity contribution in [3.05, 3.63) is 90.8 Å². The van der Waals surface area contributed by atoms with E-state index in [2.05, 4.69) is 27.5 Å². The number of benzene rings is 2. The van der Waals surface area contributed by atoms with Gasteiger partial charge in [-0.25, -0.2) is 17.8 Å². The van der Waals surface area contributed by atoms with E-state index in [0.29, 0.717) is 35.3 Å². The number of nitrogens with one attached hydrogen (secondary N) is 2. The molecule has 0 aliphatic rings. The minimum Gasteiger partial charge on any atom is -0.468 e. The van der Waals surface area contributed by atoms with Crippen LogP contribution in [0.25, 0.3) is 0 Å². The Kier molecular flexibility index (Phi) is 10.9. The molecule has 0 saturated carbocycles. The standard InChI is InChI=1S/C31H38FN5O3S/c1-3-5-6-7-8-10-27(4-2)37(23-28-11-9-22-40-28)41(38,39)29-18-16-26(17-19-29)35-31-33-21-20-30(36-31)34-25-14-12-24(32)13-15-25/h9,11-22,27H,3-8,10,23H2,1-2H3,(H2,33,34,35,36). The van der Waals surface area contributed by atoms with Crippen LogP contribution in [0.5, 0.6) is 0 Å². The maximum absolute atomic E-state index is 13.9. The van der Waals surface area contributed by atoms with Crippen LogP contribution in [0.4, 0.5) is 27.5 Å². The van der Waals surface area contributed by atoms with Crippen LogP contribution >= 0.6 is 0 Å². The molecule has 1 atom stereocenters. The van der Waals surface area contributed by atoms with Crippen molar-refractivity contribution in [1.82, 2.24) is 14.3 Å². The molecular formula is C31H38FN5O3S. The summed E-state index contributed by atoms with van der Waals surface area (Å²) < 4.78 is 48.1. The summed E-state index contributed by atoms with van der Waals surface area (Å²) in [7, 11) is -3.79. The van der Waals surface area contributed by atoms with E-state index in [1.807, 2.05) is 13.0 Å². The second-order valence-electron chi connectivity index (χ2n) is 9.94. The zero-order valence-corrected chi connectivity index (χ0v) is 24.4. The highest BCUT2D eigenvalue weighted by Gasteiger charge is 2.31. The molecule has 2 aromatic carbocycles. The Morgan fingerprint density at radius 2 is 1.61 bits per heavy atom. The van der Waals surface area contributed by atoms with Crippen molar-refractivity contribution in [2.45, 2.75) is 76.3 Å². The minimum absolute atomic E-state index is 0.130. The molecule has 4 rings (SSSR count). The summed E-state index contributed by atoms with van der Waals surface area (Å²) in [4.78, 5) is 8.91. The van der Waals surface area contributed by atoms with E-state index in [0.717, 1.165) is 19.3 Å². The molecule has 0 aliphatic heterocycles. The minimum atomic E-state index is -3.79. The highest BCUT2D eigenvalue weighted by Crippen LogP contribution is 2.27. The Balaban J connectivity index is 1.47. The zero-order chi connectivity index (χ0) is 29.1. The van der Waals surface area contributed by atoms with Crippen molar-refractivity contribution in [1.29, 1.82) is 0 Å². The van der Waals surface area contributed by atoms with E-state index < -0.39 is 10.0 Å². The van der Waals surface area contributed by atoms with Crippen LogP contribution in [0.3, 0.4) is 0 Å². The molecule has 41 heavy (non-hydrogen) atoms. The quantitative estimate of drug-likeness (QED) is 0.130. The van der Waals surface area contributed by atoms with Gasteiger partial charge in [0.05, 0.1) is 17.7 Å². The number of halogens is 1. The molecule has 0 spiro atoms. The van der Waals surface area contributed by atoms with Gasteiger partial charge in [0.1, 0.15) is 17.4 Å². The summed E-state index contributed by atoms with van der Waals surface area (Å²) in [5.74, 6) is 1.16. The van der Waals surface area contributed by atoms with Crippen molar-refractivity contribution in [3.63, 3.8) is 0 Å². The summed E-state index contributed by atoms with van der Waals surface area (Å²) in [5.41, 5.74) is 1.33. The Morgan fingerprint density at radius 1 is 0.902 bits per heavy atom. The number of anilines is 4. The second kappa shape index (κ2) is 14.7. The number of hydrogen-bond acceptors (Lipinski definition) is 7. The Morgan fingerprint density at radius 3 is 2.29 bits per heavy atom. The summed E-state index contributed by atoms with van der Waals surface area (Å²) in [6.07, 6.45) is 10.3. The van der Waals surface area contributed by atoms with Gasteiger partial charge >= 0.3 is 0 Å². The topological polar surface area (TPSA) is 100 Å². The van der Waals surface area contributed by atoms with Crippen molar-refractivity contribution < 1.29 is 17.2 Å². The molecule has 10 heteroatoms. The third kappa shape index (κ3) is 8.61. The van der Waals surface area contributed by atoms with Gasteiger partial charge < -0.3 is 15.1 Å². The third-order valence-electron chi connectivity index (χ3n) is 6.90. The highest BCUT2D eigenvalue weighted by atomic mass is 32.2.